The van der Waals surface area contributed by atoms with Gasteiger partial charge in [0.2, 0.25) is 15.8 Å². The Balaban J connectivity index is 2.21. The highest BCUT2D eigenvalue weighted by Gasteiger charge is 2.43. The normalized spacial score (nSPS) is 16.1. The number of ether oxygens (including phenoxy) is 3. The second-order valence-corrected chi connectivity index (χ2v) is 8.34. The number of Topliss-reactive ketones (excluding diaryl/α,β-unsaturated/α-hetero) is 1. The number of rotatable bonds is 5. The lowest BCUT2D eigenvalue weighted by molar-refractivity contribution is -0.125. The minimum absolute atomic E-state index is 0.0241. The average molecular weight is 403 g/mol. The highest BCUT2D eigenvalue weighted by atomic mass is 32.2. The van der Waals surface area contributed by atoms with Crippen molar-refractivity contribution in [3.63, 3.8) is 0 Å². The summed E-state index contributed by atoms with van der Waals surface area (Å²) in [6.07, 6.45) is 0. The van der Waals surface area contributed by atoms with Gasteiger partial charge in [0.05, 0.1) is 24.7 Å². The Labute approximate surface area is 163 Å². The second kappa shape index (κ2) is 6.96. The molecule has 1 aliphatic heterocycles. The number of primary sulfonamides is 1. The maximum Gasteiger partial charge on any atom is 0.238 e. The van der Waals surface area contributed by atoms with Crippen LogP contribution >= 0.6 is 0 Å². The molecular formula is C20H21NO6S. The van der Waals surface area contributed by atoms with Crippen LogP contribution in [0.1, 0.15) is 25.0 Å². The van der Waals surface area contributed by atoms with Gasteiger partial charge < -0.3 is 14.2 Å². The van der Waals surface area contributed by atoms with E-state index in [1.807, 2.05) is 0 Å². The van der Waals surface area contributed by atoms with Crippen molar-refractivity contribution in [1.29, 1.82) is 0 Å². The van der Waals surface area contributed by atoms with E-state index in [1.165, 1.54) is 19.2 Å². The molecule has 0 unspecified atom stereocenters. The van der Waals surface area contributed by atoms with Gasteiger partial charge in [0.25, 0.3) is 0 Å². The van der Waals surface area contributed by atoms with E-state index in [0.29, 0.717) is 34.0 Å². The van der Waals surface area contributed by atoms with Crippen molar-refractivity contribution in [3.8, 4) is 11.5 Å². The largest absolute Gasteiger partial charge is 0.497 e. The molecule has 0 amide bonds. The van der Waals surface area contributed by atoms with E-state index in [9.17, 15) is 13.2 Å². The van der Waals surface area contributed by atoms with Gasteiger partial charge in [-0.05, 0) is 50.2 Å². The lowest BCUT2D eigenvalue weighted by Crippen LogP contribution is -2.29. The van der Waals surface area contributed by atoms with E-state index >= 15 is 0 Å². The van der Waals surface area contributed by atoms with Gasteiger partial charge >= 0.3 is 0 Å². The molecule has 1 aliphatic rings. The maximum absolute atomic E-state index is 13.1. The van der Waals surface area contributed by atoms with Crippen LogP contribution in [0.5, 0.6) is 11.5 Å². The first kappa shape index (κ1) is 19.9. The first-order valence-corrected chi connectivity index (χ1v) is 9.97. The monoisotopic (exact) mass is 403 g/mol. The van der Waals surface area contributed by atoms with Crippen molar-refractivity contribution in [3.05, 3.63) is 53.6 Å². The summed E-state index contributed by atoms with van der Waals surface area (Å²) in [5.74, 6) is 1.19. The molecule has 0 radical (unpaired) electrons. The van der Waals surface area contributed by atoms with E-state index in [-0.39, 0.29) is 10.7 Å². The van der Waals surface area contributed by atoms with Crippen LogP contribution in [0, 0.1) is 0 Å². The summed E-state index contributed by atoms with van der Waals surface area (Å²) in [5, 5.41) is 5.16. The van der Waals surface area contributed by atoms with E-state index in [1.54, 1.807) is 51.3 Å². The van der Waals surface area contributed by atoms with Crippen LogP contribution in [0.15, 0.2) is 47.4 Å². The molecule has 0 aliphatic carbocycles. The number of ketones is 1. The third-order valence-electron chi connectivity index (χ3n) is 4.48. The molecule has 3 rings (SSSR count). The van der Waals surface area contributed by atoms with Crippen LogP contribution < -0.4 is 14.6 Å². The second-order valence-electron chi connectivity index (χ2n) is 6.78. The predicted octanol–water partition coefficient (Wildman–Crippen LogP) is 2.60. The Bertz CT molecular complexity index is 1070. The van der Waals surface area contributed by atoms with Crippen molar-refractivity contribution in [1.82, 2.24) is 0 Å². The standard InChI is InChI=1S/C20H21NO6S/c1-20(2)19(22)17(15-10-7-13(25-3)11-16(15)26-4)18(27-20)12-5-8-14(9-6-12)28(21,23)24/h5-11H,1-4H3,(H2,21,23,24). The Hall–Kier alpha value is -2.84. The number of nitrogens with two attached hydrogens (primary N) is 1. The molecule has 0 saturated heterocycles. The quantitative estimate of drug-likeness (QED) is 0.823. The first-order chi connectivity index (χ1) is 13.1. The van der Waals surface area contributed by atoms with Crippen LogP contribution in [-0.4, -0.2) is 34.0 Å². The van der Waals surface area contributed by atoms with Crippen LogP contribution in [0.4, 0.5) is 0 Å². The average Bonchev–Trinajstić information content (AvgIpc) is 2.90. The molecule has 0 spiro atoms. The zero-order chi connectivity index (χ0) is 20.7. The van der Waals surface area contributed by atoms with Crippen molar-refractivity contribution in [2.45, 2.75) is 24.3 Å². The number of sulfonamides is 1. The molecule has 0 atom stereocenters. The highest BCUT2D eigenvalue weighted by Crippen LogP contribution is 2.44. The fourth-order valence-electron chi connectivity index (χ4n) is 3.01. The van der Waals surface area contributed by atoms with Gasteiger partial charge in [-0.3, -0.25) is 4.79 Å². The zero-order valence-electron chi connectivity index (χ0n) is 16.0. The van der Waals surface area contributed by atoms with Crippen LogP contribution in [0.25, 0.3) is 11.3 Å². The minimum atomic E-state index is -3.82. The van der Waals surface area contributed by atoms with Gasteiger partial charge in [-0.25, -0.2) is 13.6 Å². The summed E-state index contributed by atoms with van der Waals surface area (Å²) >= 11 is 0. The summed E-state index contributed by atoms with van der Waals surface area (Å²) in [6, 6.07) is 11.0. The van der Waals surface area contributed by atoms with Crippen LogP contribution in [0.3, 0.4) is 0 Å². The van der Waals surface area contributed by atoms with Gasteiger partial charge in [-0.15, -0.1) is 0 Å². The SMILES string of the molecule is COc1ccc(C2=C(c3ccc(S(N)(=O)=O)cc3)OC(C)(C)C2=O)c(OC)c1. The topological polar surface area (TPSA) is 105 Å². The molecule has 7 nitrogen and oxygen atoms in total. The van der Waals surface area contributed by atoms with Gasteiger partial charge in [-0.1, -0.05) is 0 Å². The van der Waals surface area contributed by atoms with Gasteiger partial charge in [0, 0.05) is 17.2 Å². The highest BCUT2D eigenvalue weighted by molar-refractivity contribution is 7.89. The van der Waals surface area contributed by atoms with Gasteiger partial charge in [0.15, 0.2) is 5.60 Å². The number of methoxy groups -OCH3 is 2. The van der Waals surface area contributed by atoms with E-state index < -0.39 is 15.6 Å². The Kier molecular flexibility index (Phi) is 4.95. The molecule has 0 fully saturated rings. The number of benzene rings is 2. The van der Waals surface area contributed by atoms with Gasteiger partial charge in [0.1, 0.15) is 17.3 Å². The minimum Gasteiger partial charge on any atom is -0.497 e. The molecule has 148 valence electrons. The molecule has 0 aromatic heterocycles. The zero-order valence-corrected chi connectivity index (χ0v) is 16.8. The lowest BCUT2D eigenvalue weighted by atomic mass is 9.92. The molecule has 1 heterocycles. The molecule has 28 heavy (non-hydrogen) atoms. The molecule has 2 N–H and O–H groups in total. The summed E-state index contributed by atoms with van der Waals surface area (Å²) < 4.78 is 39.6. The Morgan fingerprint density at radius 2 is 1.64 bits per heavy atom. The number of carbonyl (C=O) groups is 1. The lowest BCUT2D eigenvalue weighted by Gasteiger charge is -2.18. The molecule has 0 saturated carbocycles. The van der Waals surface area contributed by atoms with E-state index in [0.717, 1.165) is 0 Å². The fraction of sp³-hybridized carbons (Fsp3) is 0.250. The van der Waals surface area contributed by atoms with E-state index in [2.05, 4.69) is 0 Å². The summed E-state index contributed by atoms with van der Waals surface area (Å²) in [4.78, 5) is 13.1. The number of hydrogen-bond acceptors (Lipinski definition) is 6. The van der Waals surface area contributed by atoms with Crippen molar-refractivity contribution < 1.29 is 27.4 Å². The van der Waals surface area contributed by atoms with Crippen LogP contribution in [0.2, 0.25) is 0 Å². The third kappa shape index (κ3) is 3.48. The fourth-order valence-corrected chi connectivity index (χ4v) is 3.52. The van der Waals surface area contributed by atoms with Crippen molar-refractivity contribution >= 4 is 27.1 Å². The Morgan fingerprint density at radius 3 is 2.18 bits per heavy atom. The van der Waals surface area contributed by atoms with Crippen molar-refractivity contribution in [2.75, 3.05) is 14.2 Å². The summed E-state index contributed by atoms with van der Waals surface area (Å²) in [7, 11) is -0.773. The van der Waals surface area contributed by atoms with Crippen molar-refractivity contribution in [2.24, 2.45) is 5.14 Å². The molecule has 0 bridgehead atoms. The smallest absolute Gasteiger partial charge is 0.238 e. The number of carbonyl (C=O) groups excluding carboxylic acids is 1. The predicted molar refractivity (Wildman–Crippen MR) is 104 cm³/mol. The molecule has 2 aromatic carbocycles. The first-order valence-electron chi connectivity index (χ1n) is 8.42. The van der Waals surface area contributed by atoms with Gasteiger partial charge in [-0.2, -0.15) is 0 Å². The summed E-state index contributed by atoms with van der Waals surface area (Å²) in [6.45, 7) is 3.36. The molecule has 8 heteroatoms. The molecule has 2 aromatic rings. The third-order valence-corrected chi connectivity index (χ3v) is 5.41. The number of hydrogen-bond donors (Lipinski definition) is 1. The van der Waals surface area contributed by atoms with E-state index in [4.69, 9.17) is 19.3 Å². The maximum atomic E-state index is 13.1. The molecular weight excluding hydrogens is 382 g/mol. The summed E-state index contributed by atoms with van der Waals surface area (Å²) in [5.41, 5.74) is 0.394. The Morgan fingerprint density at radius 1 is 1.00 bits per heavy atom. The van der Waals surface area contributed by atoms with Crippen LogP contribution in [-0.2, 0) is 19.6 Å².